The summed E-state index contributed by atoms with van der Waals surface area (Å²) in [5.41, 5.74) is 0. The highest BCUT2D eigenvalue weighted by atomic mass is 16.6. The topological polar surface area (TPSA) is 96.0 Å². The van der Waals surface area contributed by atoms with E-state index in [0.29, 0.717) is 0 Å². The molecule has 0 N–H and O–H groups in total. The number of carbonyl (C=O) groups is 4. The molecule has 0 radical (unpaired) electrons. The monoisotopic (exact) mass is 242 g/mol. The van der Waals surface area contributed by atoms with Gasteiger partial charge in [0.1, 0.15) is 0 Å². The van der Waals surface area contributed by atoms with Crippen molar-refractivity contribution in [3.05, 3.63) is 24.3 Å². The second-order valence-corrected chi connectivity index (χ2v) is 2.45. The van der Waals surface area contributed by atoms with Crippen LogP contribution in [0.2, 0.25) is 0 Å². The van der Waals surface area contributed by atoms with E-state index >= 15 is 0 Å². The number of carbonyl (C=O) groups excluding carboxylic acids is 4. The van der Waals surface area contributed by atoms with Gasteiger partial charge in [-0.1, -0.05) is 0 Å². The summed E-state index contributed by atoms with van der Waals surface area (Å²) >= 11 is 0. The van der Waals surface area contributed by atoms with E-state index in [1.165, 1.54) is 0 Å². The van der Waals surface area contributed by atoms with E-state index in [0.717, 1.165) is 38.5 Å². The third kappa shape index (κ3) is 7.48. The molecule has 0 heterocycles. The number of rotatable bonds is 4. The molecule has 0 aromatic carbocycles. The quantitative estimate of drug-likeness (QED) is 0.284. The number of esters is 4. The fraction of sp³-hybridized carbons (Fsp3) is 0.200. The van der Waals surface area contributed by atoms with Crippen molar-refractivity contribution < 1.29 is 33.4 Å². The lowest BCUT2D eigenvalue weighted by Crippen LogP contribution is -2.09. The maximum Gasteiger partial charge on any atom is 0.338 e. The van der Waals surface area contributed by atoms with Crippen LogP contribution in [0.3, 0.4) is 0 Å². The Balaban J connectivity index is 4.18. The van der Waals surface area contributed by atoms with Crippen molar-refractivity contribution in [3.8, 4) is 0 Å². The van der Waals surface area contributed by atoms with Gasteiger partial charge in [0.2, 0.25) is 0 Å². The molecule has 0 aromatic rings. The Labute approximate surface area is 96.6 Å². The molecule has 7 heteroatoms. The molecule has 0 aliphatic heterocycles. The third-order valence-corrected chi connectivity index (χ3v) is 1.31. The van der Waals surface area contributed by atoms with Gasteiger partial charge in [-0.25, -0.2) is 19.2 Å². The van der Waals surface area contributed by atoms with Gasteiger partial charge in [-0.3, -0.25) is 0 Å². The Bertz CT molecular complexity index is 342. The second-order valence-electron chi connectivity index (χ2n) is 2.45. The summed E-state index contributed by atoms with van der Waals surface area (Å²) in [7, 11) is 2.25. The number of hydrogen-bond donors (Lipinski definition) is 0. The fourth-order valence-corrected chi connectivity index (χ4v) is 0.575. The molecule has 0 aliphatic rings. The molecule has 0 amide bonds. The Kier molecular flexibility index (Phi) is 6.68. The minimum atomic E-state index is -1.06. The maximum atomic E-state index is 10.9. The van der Waals surface area contributed by atoms with E-state index < -0.39 is 23.9 Å². The molecule has 0 unspecified atom stereocenters. The summed E-state index contributed by atoms with van der Waals surface area (Å²) < 4.78 is 12.6. The smallest absolute Gasteiger partial charge is 0.338 e. The fourth-order valence-electron chi connectivity index (χ4n) is 0.575. The van der Waals surface area contributed by atoms with E-state index in [1.54, 1.807) is 0 Å². The SMILES string of the molecule is COC(=O)C=CC(=O)OC(=O)C=CC(=O)OC. The van der Waals surface area contributed by atoms with Crippen molar-refractivity contribution in [2.24, 2.45) is 0 Å². The van der Waals surface area contributed by atoms with E-state index in [-0.39, 0.29) is 0 Å². The standard InChI is InChI=1S/C10H10O7/c1-15-7(11)3-5-9(13)17-10(14)6-4-8(12)16-2/h3-6H,1-2H3. The Morgan fingerprint density at radius 3 is 1.24 bits per heavy atom. The molecule has 0 fully saturated rings. The molecule has 0 rings (SSSR count). The minimum absolute atomic E-state index is 0.718. The second kappa shape index (κ2) is 7.80. The van der Waals surface area contributed by atoms with Crippen molar-refractivity contribution in [2.75, 3.05) is 14.2 Å². The Hall–Kier alpha value is -2.44. The highest BCUT2D eigenvalue weighted by molar-refractivity contribution is 6.00. The van der Waals surface area contributed by atoms with Crippen molar-refractivity contribution in [2.45, 2.75) is 0 Å². The van der Waals surface area contributed by atoms with Crippen LogP contribution in [0.4, 0.5) is 0 Å². The van der Waals surface area contributed by atoms with Crippen molar-refractivity contribution in [1.29, 1.82) is 0 Å². The summed E-state index contributed by atoms with van der Waals surface area (Å²) in [6.45, 7) is 0. The molecule has 7 nitrogen and oxygen atoms in total. The van der Waals surface area contributed by atoms with Crippen molar-refractivity contribution in [3.63, 3.8) is 0 Å². The molecular weight excluding hydrogens is 232 g/mol. The van der Waals surface area contributed by atoms with Crippen LogP contribution in [0.25, 0.3) is 0 Å². The average Bonchev–Trinajstić information content (AvgIpc) is 2.32. The lowest BCUT2D eigenvalue weighted by atomic mass is 10.5. The van der Waals surface area contributed by atoms with Gasteiger partial charge in [-0.2, -0.15) is 0 Å². The maximum absolute atomic E-state index is 10.9. The van der Waals surface area contributed by atoms with Gasteiger partial charge in [0.05, 0.1) is 14.2 Å². The first kappa shape index (κ1) is 14.6. The summed E-state index contributed by atoms with van der Waals surface area (Å²) in [6.07, 6.45) is 3.02. The molecule has 0 aliphatic carbocycles. The molecule has 17 heavy (non-hydrogen) atoms. The number of hydrogen-bond acceptors (Lipinski definition) is 7. The van der Waals surface area contributed by atoms with Crippen LogP contribution in [0.15, 0.2) is 24.3 Å². The highest BCUT2D eigenvalue weighted by Gasteiger charge is 2.05. The molecule has 0 saturated carbocycles. The van der Waals surface area contributed by atoms with E-state index in [2.05, 4.69) is 14.2 Å². The van der Waals surface area contributed by atoms with Gasteiger partial charge in [-0.05, 0) is 0 Å². The van der Waals surface area contributed by atoms with Crippen LogP contribution in [0.5, 0.6) is 0 Å². The van der Waals surface area contributed by atoms with Gasteiger partial charge in [0.25, 0.3) is 0 Å². The van der Waals surface area contributed by atoms with Crippen LogP contribution < -0.4 is 0 Å². The predicted octanol–water partition coefficient (Wildman–Crippen LogP) is -0.485. The predicted molar refractivity (Wildman–Crippen MR) is 53.4 cm³/mol. The first-order valence-corrected chi connectivity index (χ1v) is 4.27. The molecule has 0 atom stereocenters. The highest BCUT2D eigenvalue weighted by Crippen LogP contribution is 1.88. The van der Waals surface area contributed by atoms with Crippen LogP contribution >= 0.6 is 0 Å². The van der Waals surface area contributed by atoms with Crippen LogP contribution in [-0.4, -0.2) is 38.1 Å². The zero-order valence-electron chi connectivity index (χ0n) is 9.17. The normalized spacial score (nSPS) is 10.2. The van der Waals surface area contributed by atoms with Gasteiger partial charge in [0.15, 0.2) is 0 Å². The Morgan fingerprint density at radius 2 is 0.941 bits per heavy atom. The van der Waals surface area contributed by atoms with Crippen LogP contribution in [0, 0.1) is 0 Å². The van der Waals surface area contributed by atoms with Crippen LogP contribution in [-0.2, 0) is 33.4 Å². The van der Waals surface area contributed by atoms with Gasteiger partial charge >= 0.3 is 23.9 Å². The van der Waals surface area contributed by atoms with Gasteiger partial charge < -0.3 is 14.2 Å². The lowest BCUT2D eigenvalue weighted by Gasteiger charge is -1.94. The number of ether oxygens (including phenoxy) is 3. The first-order chi connectivity index (χ1) is 7.99. The summed E-state index contributed by atoms with van der Waals surface area (Å²) in [6, 6.07) is 0. The van der Waals surface area contributed by atoms with Crippen molar-refractivity contribution in [1.82, 2.24) is 0 Å². The molecule has 92 valence electrons. The number of methoxy groups -OCH3 is 2. The Morgan fingerprint density at radius 1 is 0.647 bits per heavy atom. The molecule has 0 bridgehead atoms. The molecule has 0 aromatic heterocycles. The average molecular weight is 242 g/mol. The zero-order chi connectivity index (χ0) is 13.3. The molecular formula is C10H10O7. The summed E-state index contributed by atoms with van der Waals surface area (Å²) in [5.74, 6) is -3.65. The van der Waals surface area contributed by atoms with E-state index in [9.17, 15) is 19.2 Å². The van der Waals surface area contributed by atoms with E-state index in [1.807, 2.05) is 0 Å². The van der Waals surface area contributed by atoms with Crippen molar-refractivity contribution >= 4 is 23.9 Å². The summed E-state index contributed by atoms with van der Waals surface area (Å²) in [4.78, 5) is 43.0. The molecule has 0 saturated heterocycles. The lowest BCUT2D eigenvalue weighted by molar-refractivity contribution is -0.153. The van der Waals surface area contributed by atoms with Gasteiger partial charge in [0, 0.05) is 24.3 Å². The van der Waals surface area contributed by atoms with Crippen LogP contribution in [0.1, 0.15) is 0 Å². The zero-order valence-corrected chi connectivity index (χ0v) is 9.17. The van der Waals surface area contributed by atoms with E-state index in [4.69, 9.17) is 0 Å². The summed E-state index contributed by atoms with van der Waals surface area (Å²) in [5, 5.41) is 0. The largest absolute Gasteiger partial charge is 0.466 e. The van der Waals surface area contributed by atoms with Gasteiger partial charge in [-0.15, -0.1) is 0 Å². The minimum Gasteiger partial charge on any atom is -0.466 e. The third-order valence-electron chi connectivity index (χ3n) is 1.31. The first-order valence-electron chi connectivity index (χ1n) is 4.27. The molecule has 0 spiro atoms.